The topological polar surface area (TPSA) is 63.0 Å². The number of hydrogen-bond donors (Lipinski definition) is 2. The van der Waals surface area contributed by atoms with E-state index in [0.717, 1.165) is 6.42 Å². The Morgan fingerprint density at radius 3 is 2.67 bits per heavy atom. The van der Waals surface area contributed by atoms with Crippen molar-refractivity contribution in [3.8, 4) is 0 Å². The molecule has 0 spiro atoms. The molecule has 0 radical (unpaired) electrons. The molecule has 4 aromatic rings. The third kappa shape index (κ3) is 3.85. The highest BCUT2D eigenvalue weighted by Crippen LogP contribution is 2.31. The summed E-state index contributed by atoms with van der Waals surface area (Å²) in [6, 6.07) is 16.9. The molecule has 0 aliphatic rings. The monoisotopic (exact) mass is 382 g/mol. The minimum absolute atomic E-state index is 0.101. The fraction of sp³-hybridized carbons (Fsp3) is 0.100. The van der Waals surface area contributed by atoms with Gasteiger partial charge in [0.05, 0.1) is 23.0 Å². The third-order valence-electron chi connectivity index (χ3n) is 4.14. The van der Waals surface area contributed by atoms with Crippen molar-refractivity contribution in [3.05, 3.63) is 77.3 Å². The molecule has 0 aliphatic carbocycles. The summed E-state index contributed by atoms with van der Waals surface area (Å²) >= 11 is 5.78. The Morgan fingerprint density at radius 2 is 1.89 bits per heavy atom. The molecule has 0 saturated carbocycles. The van der Waals surface area contributed by atoms with Gasteiger partial charge in [-0.2, -0.15) is 0 Å². The quantitative estimate of drug-likeness (QED) is 0.436. The molecule has 0 bridgehead atoms. The van der Waals surface area contributed by atoms with Crippen molar-refractivity contribution in [3.63, 3.8) is 0 Å². The van der Waals surface area contributed by atoms with Crippen molar-refractivity contribution in [1.29, 1.82) is 0 Å². The van der Waals surface area contributed by atoms with Crippen molar-refractivity contribution in [1.82, 2.24) is 10.1 Å². The van der Waals surface area contributed by atoms with Crippen LogP contribution in [0.3, 0.4) is 0 Å². The van der Waals surface area contributed by atoms with Gasteiger partial charge in [-0.3, -0.25) is 0 Å². The predicted octanol–water partition coefficient (Wildman–Crippen LogP) is 5.41. The average molecular weight is 383 g/mol. The standard InChI is InChI=1S/C20H16ClFN4O/c21-17-9-6-14(12-24-17)25-20-15-7-8-16(18(22)19(15)27-26-20)23-11-10-13-4-2-1-3-5-13/h1-9,12,23H,10-11H2,(H,25,26). The molecule has 0 saturated heterocycles. The van der Waals surface area contributed by atoms with Crippen molar-refractivity contribution >= 4 is 39.8 Å². The largest absolute Gasteiger partial charge is 0.382 e. The van der Waals surface area contributed by atoms with Crippen LogP contribution in [0.25, 0.3) is 11.0 Å². The molecule has 0 fully saturated rings. The smallest absolute Gasteiger partial charge is 0.206 e. The molecular weight excluding hydrogens is 367 g/mol. The zero-order valence-electron chi connectivity index (χ0n) is 14.2. The van der Waals surface area contributed by atoms with Crippen LogP contribution in [0.15, 0.2) is 65.3 Å². The second kappa shape index (κ2) is 7.63. The highest BCUT2D eigenvalue weighted by molar-refractivity contribution is 6.29. The molecule has 2 heterocycles. The molecule has 0 aliphatic heterocycles. The minimum atomic E-state index is -0.463. The second-order valence-electron chi connectivity index (χ2n) is 5.99. The molecule has 2 aromatic heterocycles. The Labute approximate surface area is 160 Å². The Morgan fingerprint density at radius 1 is 1.04 bits per heavy atom. The number of halogens is 2. The van der Waals surface area contributed by atoms with E-state index in [-0.39, 0.29) is 5.58 Å². The van der Waals surface area contributed by atoms with Crippen LogP contribution in [-0.2, 0) is 6.42 Å². The SMILES string of the molecule is Fc1c(NCCc2ccccc2)ccc2c(Nc3ccc(Cl)nc3)noc12. The number of nitrogens with one attached hydrogen (secondary N) is 2. The van der Waals surface area contributed by atoms with Gasteiger partial charge in [0.15, 0.2) is 11.6 Å². The van der Waals surface area contributed by atoms with Crippen LogP contribution in [0.5, 0.6) is 0 Å². The molecule has 2 aromatic carbocycles. The molecular formula is C20H16ClFN4O. The lowest BCUT2D eigenvalue weighted by Crippen LogP contribution is -2.06. The Kier molecular flexibility index (Phi) is 4.89. The molecule has 136 valence electrons. The molecule has 5 nitrogen and oxygen atoms in total. The highest BCUT2D eigenvalue weighted by Gasteiger charge is 2.16. The number of anilines is 3. The summed E-state index contributed by atoms with van der Waals surface area (Å²) in [5, 5.41) is 11.0. The van der Waals surface area contributed by atoms with Crippen molar-refractivity contribution in [2.45, 2.75) is 6.42 Å². The van der Waals surface area contributed by atoms with Gasteiger partial charge in [-0.25, -0.2) is 9.37 Å². The number of rotatable bonds is 6. The summed E-state index contributed by atoms with van der Waals surface area (Å²) in [7, 11) is 0. The lowest BCUT2D eigenvalue weighted by atomic mass is 10.1. The van der Waals surface area contributed by atoms with Gasteiger partial charge in [-0.05, 0) is 36.2 Å². The first-order valence-electron chi connectivity index (χ1n) is 8.45. The van der Waals surface area contributed by atoms with Crippen LogP contribution in [0.4, 0.5) is 21.6 Å². The number of aromatic nitrogens is 2. The summed E-state index contributed by atoms with van der Waals surface area (Å²) < 4.78 is 20.0. The lowest BCUT2D eigenvalue weighted by molar-refractivity contribution is 0.444. The van der Waals surface area contributed by atoms with Gasteiger partial charge in [0.25, 0.3) is 0 Å². The number of fused-ring (bicyclic) bond motifs is 1. The zero-order valence-corrected chi connectivity index (χ0v) is 15.0. The molecule has 4 rings (SSSR count). The van der Waals surface area contributed by atoms with Gasteiger partial charge in [0, 0.05) is 6.54 Å². The van der Waals surface area contributed by atoms with Crippen LogP contribution in [0.1, 0.15) is 5.56 Å². The van der Waals surface area contributed by atoms with Crippen molar-refractivity contribution in [2.75, 3.05) is 17.2 Å². The number of benzene rings is 2. The van der Waals surface area contributed by atoms with Gasteiger partial charge in [0.1, 0.15) is 5.15 Å². The van der Waals surface area contributed by atoms with Gasteiger partial charge in [-0.15, -0.1) is 0 Å². The molecule has 0 unspecified atom stereocenters. The Bertz CT molecular complexity index is 1050. The summed E-state index contributed by atoms with van der Waals surface area (Å²) in [4.78, 5) is 3.99. The maximum atomic E-state index is 14.7. The fourth-order valence-electron chi connectivity index (χ4n) is 2.77. The fourth-order valence-corrected chi connectivity index (χ4v) is 2.88. The average Bonchev–Trinajstić information content (AvgIpc) is 3.10. The van der Waals surface area contributed by atoms with E-state index in [4.69, 9.17) is 16.1 Å². The molecule has 0 amide bonds. The van der Waals surface area contributed by atoms with E-state index >= 15 is 0 Å². The zero-order chi connectivity index (χ0) is 18.6. The Hall–Kier alpha value is -3.12. The summed E-state index contributed by atoms with van der Waals surface area (Å²) in [5.41, 5.74) is 2.35. The van der Waals surface area contributed by atoms with Crippen LogP contribution in [0.2, 0.25) is 5.15 Å². The Balaban J connectivity index is 1.50. The van der Waals surface area contributed by atoms with Crippen LogP contribution in [0, 0.1) is 5.82 Å². The van der Waals surface area contributed by atoms with Gasteiger partial charge in [-0.1, -0.05) is 47.1 Å². The normalized spacial score (nSPS) is 10.9. The number of pyridine rings is 1. The summed E-state index contributed by atoms with van der Waals surface area (Å²) in [6.45, 7) is 0.613. The van der Waals surface area contributed by atoms with Crippen LogP contribution >= 0.6 is 11.6 Å². The number of nitrogens with zero attached hydrogens (tertiary/aromatic N) is 2. The van der Waals surface area contributed by atoms with E-state index < -0.39 is 5.82 Å². The first-order chi connectivity index (χ1) is 13.2. The van der Waals surface area contributed by atoms with E-state index in [1.807, 2.05) is 30.3 Å². The van der Waals surface area contributed by atoms with Gasteiger partial charge in [0.2, 0.25) is 5.58 Å². The lowest BCUT2D eigenvalue weighted by Gasteiger charge is -2.08. The van der Waals surface area contributed by atoms with Crippen LogP contribution in [-0.4, -0.2) is 16.7 Å². The minimum Gasteiger partial charge on any atom is -0.382 e. The van der Waals surface area contributed by atoms with E-state index in [0.29, 0.717) is 34.3 Å². The number of hydrogen-bond acceptors (Lipinski definition) is 5. The highest BCUT2D eigenvalue weighted by atomic mass is 35.5. The molecule has 27 heavy (non-hydrogen) atoms. The van der Waals surface area contributed by atoms with Gasteiger partial charge >= 0.3 is 0 Å². The van der Waals surface area contributed by atoms with E-state index in [1.54, 1.807) is 30.5 Å². The summed E-state index contributed by atoms with van der Waals surface area (Å²) in [5.74, 6) is -0.0424. The van der Waals surface area contributed by atoms with E-state index in [1.165, 1.54) is 5.56 Å². The second-order valence-corrected chi connectivity index (χ2v) is 6.38. The van der Waals surface area contributed by atoms with Gasteiger partial charge < -0.3 is 15.2 Å². The first kappa shape index (κ1) is 17.3. The molecule has 0 atom stereocenters. The maximum absolute atomic E-state index is 14.7. The van der Waals surface area contributed by atoms with Crippen LogP contribution < -0.4 is 10.6 Å². The molecule has 2 N–H and O–H groups in total. The van der Waals surface area contributed by atoms with Crippen molar-refractivity contribution in [2.24, 2.45) is 0 Å². The predicted molar refractivity (Wildman–Crippen MR) is 105 cm³/mol. The first-order valence-corrected chi connectivity index (χ1v) is 8.83. The van der Waals surface area contributed by atoms with E-state index in [9.17, 15) is 4.39 Å². The maximum Gasteiger partial charge on any atom is 0.206 e. The molecule has 7 heteroatoms. The van der Waals surface area contributed by atoms with Crippen molar-refractivity contribution < 1.29 is 8.91 Å². The summed E-state index contributed by atoms with van der Waals surface area (Å²) in [6.07, 6.45) is 2.36. The third-order valence-corrected chi connectivity index (χ3v) is 4.37. The van der Waals surface area contributed by atoms with E-state index in [2.05, 4.69) is 20.8 Å².